The van der Waals surface area contributed by atoms with Crippen molar-refractivity contribution in [3.63, 3.8) is 0 Å². The molecule has 0 spiro atoms. The van der Waals surface area contributed by atoms with Crippen molar-refractivity contribution in [2.75, 3.05) is 24.9 Å². The number of carbonyl (C=O) groups excluding carboxylic acids is 2. The summed E-state index contributed by atoms with van der Waals surface area (Å²) in [5.41, 5.74) is -0.727. The van der Waals surface area contributed by atoms with Crippen LogP contribution in [0.3, 0.4) is 0 Å². The van der Waals surface area contributed by atoms with Crippen LogP contribution in [0.4, 0.5) is 11.4 Å². The minimum atomic E-state index is -5.10. The van der Waals surface area contributed by atoms with Gasteiger partial charge in [-0.05, 0) is 71.8 Å². The molecule has 0 fully saturated rings. The van der Waals surface area contributed by atoms with Crippen molar-refractivity contribution in [2.24, 2.45) is 0 Å². The van der Waals surface area contributed by atoms with E-state index in [2.05, 4.69) is 10.6 Å². The van der Waals surface area contributed by atoms with Crippen LogP contribution in [0.5, 0.6) is 11.5 Å². The second kappa shape index (κ2) is 13.3. The molecule has 1 aliphatic heterocycles. The monoisotopic (exact) mass is 726 g/mol. The number of hydrogen-bond acceptors (Lipinski definition) is 10. The summed E-state index contributed by atoms with van der Waals surface area (Å²) >= 11 is 0. The van der Waals surface area contributed by atoms with E-state index < -0.39 is 72.8 Å². The molecule has 17 heteroatoms. The maximum atomic E-state index is 13.7. The van der Waals surface area contributed by atoms with E-state index in [0.717, 1.165) is 36.4 Å². The third-order valence-corrected chi connectivity index (χ3v) is 10.8. The van der Waals surface area contributed by atoms with E-state index in [0.29, 0.717) is 22.6 Å². The molecule has 0 unspecified atom stereocenters. The fourth-order valence-corrected chi connectivity index (χ4v) is 7.86. The fraction of sp³-hybridized carbons (Fsp3) is 0.0625. The molecule has 0 bridgehead atoms. The molecule has 2 amide bonds. The summed E-state index contributed by atoms with van der Waals surface area (Å²) in [4.78, 5) is 22.6. The molecule has 4 N–H and O–H groups in total. The van der Waals surface area contributed by atoms with Gasteiger partial charge in [0.2, 0.25) is 21.7 Å². The first kappa shape index (κ1) is 35.0. The Morgan fingerprint density at radius 1 is 0.633 bits per heavy atom. The Kier molecular flexibility index (Phi) is 9.49. The molecule has 14 nitrogen and oxygen atoms in total. The van der Waals surface area contributed by atoms with Crippen molar-refractivity contribution >= 4 is 65.4 Å². The zero-order chi connectivity index (χ0) is 35.7. The fourth-order valence-electron chi connectivity index (χ4n) is 4.85. The van der Waals surface area contributed by atoms with Crippen molar-refractivity contribution < 1.29 is 53.4 Å². The predicted molar refractivity (Wildman–Crippen MR) is 178 cm³/mol. The second-order valence-corrected chi connectivity index (χ2v) is 15.0. The zero-order valence-electron chi connectivity index (χ0n) is 25.4. The second-order valence-electron chi connectivity index (χ2n) is 10.3. The SMILES string of the molecule is COc1ccc(C=CC(=O)Nc2cc3c(cc2S(=O)(=O)O)-c2cc(S(=O)(=O)O)c(NC(=O)C=Cc4ccc(OC)cc4)cc2S3(=O)=O)cc1. The number of nitrogens with one attached hydrogen (secondary N) is 2. The normalized spacial score (nSPS) is 13.6. The third kappa shape index (κ3) is 7.55. The molecular formula is C32H26N2O12S3. The van der Waals surface area contributed by atoms with Crippen molar-refractivity contribution in [2.45, 2.75) is 19.6 Å². The van der Waals surface area contributed by atoms with Crippen LogP contribution in [-0.4, -0.2) is 60.4 Å². The van der Waals surface area contributed by atoms with Crippen LogP contribution < -0.4 is 20.1 Å². The van der Waals surface area contributed by atoms with Gasteiger partial charge in [-0.2, -0.15) is 16.8 Å². The molecule has 4 aromatic rings. The summed E-state index contributed by atoms with van der Waals surface area (Å²) in [6.45, 7) is 0. The Hall–Kier alpha value is -5.33. The Balaban J connectivity index is 1.52. The van der Waals surface area contributed by atoms with Gasteiger partial charge in [0.05, 0.1) is 35.4 Å². The van der Waals surface area contributed by atoms with Crippen molar-refractivity contribution in [3.05, 3.63) is 96.1 Å². The minimum absolute atomic E-state index is 0.350. The lowest BCUT2D eigenvalue weighted by Crippen LogP contribution is -2.13. The number of anilines is 2. The first-order valence-electron chi connectivity index (χ1n) is 13.8. The number of carbonyl (C=O) groups is 2. The largest absolute Gasteiger partial charge is 0.497 e. The van der Waals surface area contributed by atoms with Gasteiger partial charge in [-0.1, -0.05) is 24.3 Å². The highest BCUT2D eigenvalue weighted by Crippen LogP contribution is 2.48. The van der Waals surface area contributed by atoms with E-state index in [1.54, 1.807) is 48.5 Å². The third-order valence-electron chi connectivity index (χ3n) is 7.19. The summed E-state index contributed by atoms with van der Waals surface area (Å²) in [7, 11) is -11.8. The first-order valence-corrected chi connectivity index (χ1v) is 18.2. The Morgan fingerprint density at radius 3 is 1.29 bits per heavy atom. The average molecular weight is 727 g/mol. The van der Waals surface area contributed by atoms with Gasteiger partial charge >= 0.3 is 0 Å². The highest BCUT2D eigenvalue weighted by molar-refractivity contribution is 7.92. The maximum absolute atomic E-state index is 13.7. The van der Waals surface area contributed by atoms with Gasteiger partial charge in [0.15, 0.2) is 0 Å². The van der Waals surface area contributed by atoms with E-state index in [4.69, 9.17) is 9.47 Å². The maximum Gasteiger partial charge on any atom is 0.296 e. The number of amides is 2. The molecule has 1 aliphatic rings. The Labute approximate surface area is 281 Å². The lowest BCUT2D eigenvalue weighted by atomic mass is 10.0. The Bertz CT molecular complexity index is 2220. The topological polar surface area (TPSA) is 220 Å². The van der Waals surface area contributed by atoms with Crippen LogP contribution in [0.25, 0.3) is 23.3 Å². The van der Waals surface area contributed by atoms with Crippen LogP contribution in [0, 0.1) is 0 Å². The standard InChI is InChI=1S/C32H26N2O12S3/c1-45-21-9-3-19(4-10-21)7-13-31(35)33-25-17-27-23(15-29(25)48(39,40)41)24-16-30(49(42,43)44)26(18-28(24)47(27,37)38)34-32(36)14-8-20-5-11-22(46-2)12-6-20/h3-18H,1-2H3,(H,33,35)(H,34,36)(H,39,40,41)(H,42,43,44). The molecule has 49 heavy (non-hydrogen) atoms. The molecule has 1 heterocycles. The molecule has 0 aromatic heterocycles. The van der Waals surface area contributed by atoms with Crippen molar-refractivity contribution in [1.82, 2.24) is 0 Å². The molecule has 254 valence electrons. The van der Waals surface area contributed by atoms with Crippen LogP contribution in [0.1, 0.15) is 11.1 Å². The number of rotatable bonds is 10. The highest BCUT2D eigenvalue weighted by atomic mass is 32.2. The number of sulfone groups is 1. The molecule has 0 radical (unpaired) electrons. The van der Waals surface area contributed by atoms with E-state index >= 15 is 0 Å². The average Bonchev–Trinajstić information content (AvgIpc) is 3.26. The molecule has 4 aromatic carbocycles. The van der Waals surface area contributed by atoms with Gasteiger partial charge in [-0.3, -0.25) is 18.7 Å². The molecule has 0 atom stereocenters. The van der Waals surface area contributed by atoms with Gasteiger partial charge < -0.3 is 20.1 Å². The van der Waals surface area contributed by atoms with Crippen LogP contribution >= 0.6 is 0 Å². The van der Waals surface area contributed by atoms with E-state index in [1.165, 1.54) is 26.4 Å². The van der Waals surface area contributed by atoms with Gasteiger partial charge in [-0.25, -0.2) is 8.42 Å². The highest BCUT2D eigenvalue weighted by Gasteiger charge is 2.38. The first-order chi connectivity index (χ1) is 23.0. The summed E-state index contributed by atoms with van der Waals surface area (Å²) in [6.07, 6.45) is 4.87. The summed E-state index contributed by atoms with van der Waals surface area (Å²) < 4.78 is 107. The smallest absolute Gasteiger partial charge is 0.296 e. The summed E-state index contributed by atoms with van der Waals surface area (Å²) in [5, 5.41) is 4.50. The van der Waals surface area contributed by atoms with E-state index in [1.807, 2.05) is 0 Å². The number of methoxy groups -OCH3 is 2. The van der Waals surface area contributed by atoms with E-state index in [-0.39, 0.29) is 11.1 Å². The van der Waals surface area contributed by atoms with E-state index in [9.17, 15) is 43.9 Å². The number of ether oxygens (including phenoxy) is 2. The van der Waals surface area contributed by atoms with Gasteiger partial charge in [0, 0.05) is 23.3 Å². The summed E-state index contributed by atoms with van der Waals surface area (Å²) in [5.74, 6) is -0.621. The molecule has 0 saturated carbocycles. The number of benzene rings is 4. The predicted octanol–water partition coefficient (Wildman–Crippen LogP) is 4.31. The van der Waals surface area contributed by atoms with Gasteiger partial charge in [0.25, 0.3) is 20.2 Å². The molecule has 0 aliphatic carbocycles. The minimum Gasteiger partial charge on any atom is -0.497 e. The number of fused-ring (bicyclic) bond motifs is 3. The summed E-state index contributed by atoms with van der Waals surface area (Å²) in [6, 6.07) is 16.2. The van der Waals surface area contributed by atoms with Crippen molar-refractivity contribution in [3.8, 4) is 22.6 Å². The van der Waals surface area contributed by atoms with Crippen LogP contribution in [0.15, 0.2) is 105 Å². The van der Waals surface area contributed by atoms with Crippen molar-refractivity contribution in [1.29, 1.82) is 0 Å². The number of hydrogen-bond donors (Lipinski definition) is 4. The Morgan fingerprint density at radius 2 is 0.980 bits per heavy atom. The van der Waals surface area contributed by atoms with Crippen LogP contribution in [0.2, 0.25) is 0 Å². The molecular weight excluding hydrogens is 701 g/mol. The lowest BCUT2D eigenvalue weighted by molar-refractivity contribution is -0.112. The van der Waals surface area contributed by atoms with Gasteiger partial charge in [0.1, 0.15) is 21.3 Å². The lowest BCUT2D eigenvalue weighted by Gasteiger charge is -2.12. The molecule has 5 rings (SSSR count). The zero-order valence-corrected chi connectivity index (χ0v) is 27.9. The van der Waals surface area contributed by atoms with Gasteiger partial charge in [-0.15, -0.1) is 0 Å². The molecule has 0 saturated heterocycles. The van der Waals surface area contributed by atoms with Crippen LogP contribution in [-0.2, 0) is 39.7 Å². The quantitative estimate of drug-likeness (QED) is 0.117.